The maximum atomic E-state index is 3.82. The van der Waals surface area contributed by atoms with Gasteiger partial charge in [-0.25, -0.2) is 0 Å². The molecule has 2 atom stereocenters. The molecule has 1 saturated carbocycles. The number of hydrogen-bond acceptors (Lipinski definition) is 2. The van der Waals surface area contributed by atoms with E-state index in [1.165, 1.54) is 47.8 Å². The first-order chi connectivity index (χ1) is 10.2. The standard InChI is InChI=1S/C18H27IN2/c1-14-11-20-18(16-5-3-2-4-6-16)13-21(14)12-15-7-9-17(19)10-8-15/h7-10,14,16,18,20H,2-6,11-13H2,1H3. The highest BCUT2D eigenvalue weighted by Gasteiger charge is 2.30. The van der Waals surface area contributed by atoms with Gasteiger partial charge in [-0.3, -0.25) is 4.90 Å². The summed E-state index contributed by atoms with van der Waals surface area (Å²) in [7, 11) is 0. The van der Waals surface area contributed by atoms with E-state index in [4.69, 9.17) is 0 Å². The molecule has 116 valence electrons. The van der Waals surface area contributed by atoms with Gasteiger partial charge in [0, 0.05) is 35.3 Å². The lowest BCUT2D eigenvalue weighted by Gasteiger charge is -2.43. The molecule has 1 aromatic carbocycles. The highest BCUT2D eigenvalue weighted by molar-refractivity contribution is 14.1. The van der Waals surface area contributed by atoms with Gasteiger partial charge in [0.15, 0.2) is 0 Å². The summed E-state index contributed by atoms with van der Waals surface area (Å²) in [5.74, 6) is 0.908. The first-order valence-corrected chi connectivity index (χ1v) is 9.52. The lowest BCUT2D eigenvalue weighted by Crippen LogP contribution is -2.57. The van der Waals surface area contributed by atoms with Crippen LogP contribution < -0.4 is 5.32 Å². The highest BCUT2D eigenvalue weighted by Crippen LogP contribution is 2.28. The smallest absolute Gasteiger partial charge is 0.0237 e. The number of piperazine rings is 1. The minimum absolute atomic E-state index is 0.643. The predicted octanol–water partition coefficient (Wildman–Crippen LogP) is 4.03. The second-order valence-electron chi connectivity index (χ2n) is 6.82. The Morgan fingerprint density at radius 3 is 2.57 bits per heavy atom. The molecule has 1 aromatic rings. The van der Waals surface area contributed by atoms with Crippen molar-refractivity contribution in [2.45, 2.75) is 57.7 Å². The third kappa shape index (κ3) is 4.20. The summed E-state index contributed by atoms with van der Waals surface area (Å²) in [4.78, 5) is 2.68. The van der Waals surface area contributed by atoms with E-state index in [-0.39, 0.29) is 0 Å². The van der Waals surface area contributed by atoms with Gasteiger partial charge < -0.3 is 5.32 Å². The van der Waals surface area contributed by atoms with Gasteiger partial charge in [0.2, 0.25) is 0 Å². The first-order valence-electron chi connectivity index (χ1n) is 8.44. The van der Waals surface area contributed by atoms with E-state index in [2.05, 4.69) is 64.0 Å². The van der Waals surface area contributed by atoms with Crippen molar-refractivity contribution < 1.29 is 0 Å². The number of rotatable bonds is 3. The molecule has 1 saturated heterocycles. The maximum Gasteiger partial charge on any atom is 0.0237 e. The Hall–Kier alpha value is -0.130. The molecular weight excluding hydrogens is 371 g/mol. The molecule has 0 aromatic heterocycles. The number of halogens is 1. The quantitative estimate of drug-likeness (QED) is 0.774. The molecule has 0 bridgehead atoms. The Kier molecular flexibility index (Phi) is 5.57. The summed E-state index contributed by atoms with van der Waals surface area (Å²) in [5, 5.41) is 3.82. The second kappa shape index (κ2) is 7.42. The van der Waals surface area contributed by atoms with Gasteiger partial charge in [0.1, 0.15) is 0 Å². The number of nitrogens with zero attached hydrogens (tertiary/aromatic N) is 1. The van der Waals surface area contributed by atoms with Crippen molar-refractivity contribution in [2.75, 3.05) is 13.1 Å². The molecule has 3 heteroatoms. The fourth-order valence-corrected chi connectivity index (χ4v) is 4.20. The van der Waals surface area contributed by atoms with Gasteiger partial charge in [-0.1, -0.05) is 31.4 Å². The molecule has 0 amide bonds. The lowest BCUT2D eigenvalue weighted by molar-refractivity contribution is 0.0981. The van der Waals surface area contributed by atoms with Crippen molar-refractivity contribution in [3.8, 4) is 0 Å². The summed E-state index contributed by atoms with van der Waals surface area (Å²) >= 11 is 2.38. The van der Waals surface area contributed by atoms with Crippen molar-refractivity contribution in [3.05, 3.63) is 33.4 Å². The Morgan fingerprint density at radius 2 is 1.86 bits per heavy atom. The van der Waals surface area contributed by atoms with Crippen LogP contribution in [0.15, 0.2) is 24.3 Å². The minimum atomic E-state index is 0.643. The molecule has 1 aliphatic heterocycles. The highest BCUT2D eigenvalue weighted by atomic mass is 127. The van der Waals surface area contributed by atoms with Crippen molar-refractivity contribution in [1.82, 2.24) is 10.2 Å². The Labute approximate surface area is 142 Å². The fourth-order valence-electron chi connectivity index (χ4n) is 3.85. The zero-order chi connectivity index (χ0) is 14.7. The van der Waals surface area contributed by atoms with E-state index in [1.807, 2.05) is 0 Å². The van der Waals surface area contributed by atoms with Crippen LogP contribution in [-0.2, 0) is 6.54 Å². The van der Waals surface area contributed by atoms with Crippen LogP contribution in [0.25, 0.3) is 0 Å². The first kappa shape index (κ1) is 15.8. The maximum absolute atomic E-state index is 3.82. The van der Waals surface area contributed by atoms with Gasteiger partial charge >= 0.3 is 0 Å². The third-order valence-corrected chi connectivity index (χ3v) is 5.97. The van der Waals surface area contributed by atoms with E-state index in [1.54, 1.807) is 0 Å². The second-order valence-corrected chi connectivity index (χ2v) is 8.06. The van der Waals surface area contributed by atoms with E-state index in [9.17, 15) is 0 Å². The van der Waals surface area contributed by atoms with Crippen molar-refractivity contribution in [1.29, 1.82) is 0 Å². The summed E-state index contributed by atoms with van der Waals surface area (Å²) < 4.78 is 1.32. The lowest BCUT2D eigenvalue weighted by atomic mass is 9.82. The van der Waals surface area contributed by atoms with Crippen LogP contribution in [0.3, 0.4) is 0 Å². The summed E-state index contributed by atoms with van der Waals surface area (Å²) in [6.07, 6.45) is 7.20. The van der Waals surface area contributed by atoms with Crippen molar-refractivity contribution in [2.24, 2.45) is 5.92 Å². The Balaban J connectivity index is 1.61. The Bertz CT molecular complexity index is 439. The molecule has 1 N–H and O–H groups in total. The molecule has 0 radical (unpaired) electrons. The zero-order valence-corrected chi connectivity index (χ0v) is 15.2. The van der Waals surface area contributed by atoms with Crippen LogP contribution in [-0.4, -0.2) is 30.1 Å². The van der Waals surface area contributed by atoms with Crippen LogP contribution >= 0.6 is 22.6 Å². The summed E-state index contributed by atoms with van der Waals surface area (Å²) in [6, 6.07) is 10.4. The molecule has 21 heavy (non-hydrogen) atoms. The summed E-state index contributed by atoms with van der Waals surface area (Å²) in [6.45, 7) is 5.82. The van der Waals surface area contributed by atoms with Crippen molar-refractivity contribution in [3.63, 3.8) is 0 Å². The third-order valence-electron chi connectivity index (χ3n) is 5.25. The Morgan fingerprint density at radius 1 is 1.14 bits per heavy atom. The zero-order valence-electron chi connectivity index (χ0n) is 13.0. The van der Waals surface area contributed by atoms with Gasteiger partial charge in [-0.05, 0) is 66.0 Å². The van der Waals surface area contributed by atoms with E-state index < -0.39 is 0 Å². The van der Waals surface area contributed by atoms with Gasteiger partial charge in [-0.15, -0.1) is 0 Å². The van der Waals surface area contributed by atoms with Crippen LogP contribution in [0, 0.1) is 9.49 Å². The minimum Gasteiger partial charge on any atom is -0.311 e. The molecule has 1 heterocycles. The van der Waals surface area contributed by atoms with E-state index in [0.29, 0.717) is 12.1 Å². The molecule has 2 fully saturated rings. The average molecular weight is 398 g/mol. The monoisotopic (exact) mass is 398 g/mol. The topological polar surface area (TPSA) is 15.3 Å². The van der Waals surface area contributed by atoms with Crippen LogP contribution in [0.2, 0.25) is 0 Å². The van der Waals surface area contributed by atoms with Gasteiger partial charge in [0.25, 0.3) is 0 Å². The molecule has 2 nitrogen and oxygen atoms in total. The van der Waals surface area contributed by atoms with E-state index in [0.717, 1.165) is 19.0 Å². The molecule has 0 spiro atoms. The molecule has 3 rings (SSSR count). The van der Waals surface area contributed by atoms with Crippen LogP contribution in [0.1, 0.15) is 44.6 Å². The molecular formula is C18H27IN2. The number of hydrogen-bond donors (Lipinski definition) is 1. The SMILES string of the molecule is CC1CNC(C2CCCCC2)CN1Cc1ccc(I)cc1. The predicted molar refractivity (Wildman–Crippen MR) is 97.4 cm³/mol. The average Bonchev–Trinajstić information content (AvgIpc) is 2.52. The number of nitrogens with one attached hydrogen (secondary N) is 1. The normalized spacial score (nSPS) is 28.7. The molecule has 2 unspecified atom stereocenters. The van der Waals surface area contributed by atoms with Crippen molar-refractivity contribution >= 4 is 22.6 Å². The van der Waals surface area contributed by atoms with Crippen LogP contribution in [0.4, 0.5) is 0 Å². The molecule has 2 aliphatic rings. The largest absolute Gasteiger partial charge is 0.311 e. The fraction of sp³-hybridized carbons (Fsp3) is 0.667. The van der Waals surface area contributed by atoms with Gasteiger partial charge in [0.05, 0.1) is 0 Å². The van der Waals surface area contributed by atoms with Gasteiger partial charge in [-0.2, -0.15) is 0 Å². The molecule has 1 aliphatic carbocycles. The van der Waals surface area contributed by atoms with E-state index >= 15 is 0 Å². The number of benzene rings is 1. The van der Waals surface area contributed by atoms with Crippen LogP contribution in [0.5, 0.6) is 0 Å². The summed E-state index contributed by atoms with van der Waals surface area (Å²) in [5.41, 5.74) is 1.45.